The number of aryl methyl sites for hydroxylation is 1. The Morgan fingerprint density at radius 1 is 0.575 bits per heavy atom. The number of amides is 5. The smallest absolute Gasteiger partial charge is 0.374 e. The molecule has 3 atom stereocenters. The number of carbonyl (C=O) groups excluding carboxylic acids is 5. The number of carboxylic acids is 6. The van der Waals surface area contributed by atoms with Crippen molar-refractivity contribution >= 4 is 65.4 Å². The van der Waals surface area contributed by atoms with Crippen LogP contribution >= 0.6 is 0 Å². The van der Waals surface area contributed by atoms with Gasteiger partial charge in [0.25, 0.3) is 5.78 Å². The Kier molecular flexibility index (Phi) is 26.2. The highest BCUT2D eigenvalue weighted by Gasteiger charge is 2.32. The van der Waals surface area contributed by atoms with Crippen molar-refractivity contribution in [1.29, 1.82) is 0 Å². The summed E-state index contributed by atoms with van der Waals surface area (Å²) in [5.74, 6) is -10.7. The lowest BCUT2D eigenvalue weighted by Gasteiger charge is -2.33. The summed E-state index contributed by atoms with van der Waals surface area (Å²) < 4.78 is 0. The van der Waals surface area contributed by atoms with Gasteiger partial charge in [0.05, 0.1) is 26.2 Å². The minimum absolute atomic E-state index is 0.0331. The highest BCUT2D eigenvalue weighted by Crippen LogP contribution is 2.29. The Hall–Kier alpha value is -6.77. The highest BCUT2D eigenvalue weighted by atomic mass is 16.4. The minimum atomic E-state index is -1.91. The van der Waals surface area contributed by atoms with E-state index in [9.17, 15) is 73.2 Å². The standard InChI is InChI=1S/C47H71N9O17/c1-30-6-2-3-7-33(30)24-36(44(68)48-15-5-4-8-35(45(69)70)52-47(73)51-34(13-14-38(58)59)42(66)46(71)72)50-43(67)32-11-9-31(10-12-32)25-49-37(57)26-53-16-18-54(27-39(60)61)20-22-56(29-41(64)65)23-21-55(19-17-53)28-40(62)63/h2-3,6-7,31-32,34-36H,4-5,8-29H2,1H3,(H,48,68)(H,49,57)(H,50,67)(H,58,59)(H,60,61)(H,62,63)(H,64,65)(H,69,70)(H,71,72)(H2,51,52,73)/t31-,32-,34-,35-,36-/m0/s1. The lowest BCUT2D eigenvalue weighted by atomic mass is 9.81. The van der Waals surface area contributed by atoms with Crippen LogP contribution in [-0.2, 0) is 54.4 Å². The van der Waals surface area contributed by atoms with Crippen molar-refractivity contribution < 1.29 is 83.4 Å². The molecular weight excluding hydrogens is 963 g/mol. The number of unbranched alkanes of at least 4 members (excludes halogenated alkanes) is 1. The molecule has 0 spiro atoms. The first kappa shape index (κ1) is 60.5. The maximum absolute atomic E-state index is 13.7. The van der Waals surface area contributed by atoms with Crippen LogP contribution in [0, 0.1) is 18.8 Å². The van der Waals surface area contributed by atoms with Crippen LogP contribution in [0.5, 0.6) is 0 Å². The second kappa shape index (κ2) is 31.6. The van der Waals surface area contributed by atoms with Crippen LogP contribution in [0.25, 0.3) is 0 Å². The third-order valence-corrected chi connectivity index (χ3v) is 12.8. The molecule has 0 radical (unpaired) electrons. The van der Waals surface area contributed by atoms with E-state index < -0.39 is 90.4 Å². The number of ketones is 1. The maximum atomic E-state index is 13.7. The zero-order valence-corrected chi connectivity index (χ0v) is 41.1. The topological polar surface area (TPSA) is 382 Å². The van der Waals surface area contributed by atoms with Crippen LogP contribution in [0.4, 0.5) is 4.79 Å². The summed E-state index contributed by atoms with van der Waals surface area (Å²) in [7, 11) is 0. The molecule has 0 bridgehead atoms. The second-order valence-corrected chi connectivity index (χ2v) is 18.4. The first-order valence-electron chi connectivity index (χ1n) is 24.3. The summed E-state index contributed by atoms with van der Waals surface area (Å²) in [5.41, 5.74) is 1.74. The van der Waals surface area contributed by atoms with Gasteiger partial charge in [-0.3, -0.25) is 58.0 Å². The summed E-state index contributed by atoms with van der Waals surface area (Å²) in [5, 5.41) is 68.9. The molecule has 5 amide bonds. The van der Waals surface area contributed by atoms with E-state index in [0.29, 0.717) is 45.3 Å². The monoisotopic (exact) mass is 1030 g/mol. The minimum Gasteiger partial charge on any atom is -0.481 e. The van der Waals surface area contributed by atoms with Gasteiger partial charge in [0.15, 0.2) is 0 Å². The molecule has 1 aliphatic heterocycles. The van der Waals surface area contributed by atoms with Gasteiger partial charge in [0.1, 0.15) is 18.1 Å². The van der Waals surface area contributed by atoms with Gasteiger partial charge in [-0.2, -0.15) is 0 Å². The third kappa shape index (κ3) is 24.0. The molecule has 406 valence electrons. The lowest BCUT2D eigenvalue weighted by Crippen LogP contribution is -2.52. The fourth-order valence-corrected chi connectivity index (χ4v) is 8.60. The molecule has 11 N–H and O–H groups in total. The summed E-state index contributed by atoms with van der Waals surface area (Å²) in [6.45, 7) is 3.53. The van der Waals surface area contributed by atoms with Crippen LogP contribution in [0.15, 0.2) is 24.3 Å². The van der Waals surface area contributed by atoms with Crippen LogP contribution in [0.3, 0.4) is 0 Å². The van der Waals surface area contributed by atoms with E-state index in [2.05, 4.69) is 21.3 Å². The average molecular weight is 1030 g/mol. The molecule has 0 aromatic heterocycles. The van der Waals surface area contributed by atoms with Crippen LogP contribution in [-0.4, -0.2) is 225 Å². The van der Waals surface area contributed by atoms with Crippen molar-refractivity contribution in [3.63, 3.8) is 0 Å². The first-order chi connectivity index (χ1) is 34.6. The van der Waals surface area contributed by atoms with Crippen molar-refractivity contribution in [2.24, 2.45) is 11.8 Å². The van der Waals surface area contributed by atoms with E-state index in [-0.39, 0.29) is 115 Å². The third-order valence-electron chi connectivity index (χ3n) is 12.8. The number of Topliss-reactive ketones (excluding diaryl/α,β-unsaturated/α-hetero) is 1. The molecule has 3 rings (SSSR count). The number of hydrogen-bond donors (Lipinski definition) is 11. The Balaban J connectivity index is 1.53. The van der Waals surface area contributed by atoms with E-state index in [1.54, 1.807) is 14.7 Å². The molecule has 2 aliphatic rings. The number of carbonyl (C=O) groups is 11. The first-order valence-corrected chi connectivity index (χ1v) is 24.3. The Labute approximate surface area is 422 Å². The van der Waals surface area contributed by atoms with E-state index in [4.69, 9.17) is 10.2 Å². The number of rotatable bonds is 28. The van der Waals surface area contributed by atoms with Gasteiger partial charge in [-0.1, -0.05) is 24.3 Å². The van der Waals surface area contributed by atoms with Gasteiger partial charge in [-0.25, -0.2) is 14.4 Å². The van der Waals surface area contributed by atoms with Gasteiger partial charge in [0.2, 0.25) is 17.7 Å². The normalized spacial score (nSPS) is 18.8. The molecule has 26 heteroatoms. The molecule has 1 heterocycles. The average Bonchev–Trinajstić information content (AvgIpc) is 3.32. The van der Waals surface area contributed by atoms with Crippen molar-refractivity contribution in [2.45, 2.75) is 89.3 Å². The summed E-state index contributed by atoms with van der Waals surface area (Å²) in [6, 6.07) is 2.06. The number of aliphatic carboxylic acids is 6. The molecule has 1 aromatic rings. The fourth-order valence-electron chi connectivity index (χ4n) is 8.60. The lowest BCUT2D eigenvalue weighted by molar-refractivity contribution is -0.150. The maximum Gasteiger partial charge on any atom is 0.374 e. The molecule has 1 saturated heterocycles. The fraction of sp³-hybridized carbons (Fsp3) is 0.638. The van der Waals surface area contributed by atoms with Crippen molar-refractivity contribution in [2.75, 3.05) is 91.6 Å². The van der Waals surface area contributed by atoms with E-state index in [0.717, 1.165) is 11.1 Å². The molecule has 1 aliphatic carbocycles. The Bertz CT molecular complexity index is 2050. The molecule has 1 saturated carbocycles. The van der Waals surface area contributed by atoms with Gasteiger partial charge in [-0.15, -0.1) is 0 Å². The summed E-state index contributed by atoms with van der Waals surface area (Å²) in [6.07, 6.45) is 1.55. The zero-order valence-electron chi connectivity index (χ0n) is 41.1. The van der Waals surface area contributed by atoms with Crippen LogP contribution < -0.4 is 26.6 Å². The van der Waals surface area contributed by atoms with Crippen molar-refractivity contribution in [1.82, 2.24) is 46.2 Å². The van der Waals surface area contributed by atoms with Gasteiger partial charge in [-0.05, 0) is 75.3 Å². The highest BCUT2D eigenvalue weighted by molar-refractivity contribution is 6.35. The number of carboxylic acid groups (broad SMARTS) is 6. The van der Waals surface area contributed by atoms with Crippen LogP contribution in [0.2, 0.25) is 0 Å². The van der Waals surface area contributed by atoms with E-state index in [1.807, 2.05) is 41.4 Å². The molecular formula is C47H71N9O17. The second-order valence-electron chi connectivity index (χ2n) is 18.4. The molecule has 0 unspecified atom stereocenters. The summed E-state index contributed by atoms with van der Waals surface area (Å²) >= 11 is 0. The number of nitrogens with one attached hydrogen (secondary N) is 5. The quantitative estimate of drug-likeness (QED) is 0.0331. The van der Waals surface area contributed by atoms with Gasteiger partial charge >= 0.3 is 41.8 Å². The summed E-state index contributed by atoms with van der Waals surface area (Å²) in [4.78, 5) is 141. The Morgan fingerprint density at radius 2 is 1.08 bits per heavy atom. The predicted octanol–water partition coefficient (Wildman–Crippen LogP) is -1.65. The molecule has 26 nitrogen and oxygen atoms in total. The Morgan fingerprint density at radius 3 is 1.56 bits per heavy atom. The van der Waals surface area contributed by atoms with Crippen molar-refractivity contribution in [3.8, 4) is 0 Å². The van der Waals surface area contributed by atoms with Gasteiger partial charge in [0, 0.05) is 84.2 Å². The van der Waals surface area contributed by atoms with E-state index >= 15 is 0 Å². The number of urea groups is 1. The zero-order chi connectivity index (χ0) is 54.0. The largest absolute Gasteiger partial charge is 0.481 e. The molecule has 2 fully saturated rings. The molecule has 73 heavy (non-hydrogen) atoms. The number of hydrogen-bond acceptors (Lipinski definition) is 15. The van der Waals surface area contributed by atoms with Crippen LogP contribution in [0.1, 0.15) is 68.9 Å². The van der Waals surface area contributed by atoms with Gasteiger partial charge < -0.3 is 57.2 Å². The van der Waals surface area contributed by atoms with E-state index in [1.165, 1.54) is 0 Å². The predicted molar refractivity (Wildman–Crippen MR) is 257 cm³/mol. The van der Waals surface area contributed by atoms with Crippen molar-refractivity contribution in [3.05, 3.63) is 35.4 Å². The molecule has 1 aromatic carbocycles. The SMILES string of the molecule is Cc1ccccc1C[C@H](NC(=O)[C@H]1CC[C@H](CNC(=O)CN2CCN(CC(=O)O)CCN(CC(=O)O)CCN(CC(=O)O)CC2)CC1)C(=O)NCCCC[C@H](NC(=O)N[C@@H](CCC(=O)O)C(=O)C(=O)O)C(=O)O. The number of benzene rings is 1. The number of nitrogens with zero attached hydrogens (tertiary/aromatic N) is 4.